The zero-order valence-corrected chi connectivity index (χ0v) is 17.7. The number of anilines is 1. The molecule has 0 spiro atoms. The van der Waals surface area contributed by atoms with Gasteiger partial charge in [0, 0.05) is 25.5 Å². The van der Waals surface area contributed by atoms with Crippen molar-refractivity contribution >= 4 is 50.4 Å². The minimum Gasteiger partial charge on any atom is -0.506 e. The molecule has 2 N–H and O–H groups in total. The molecule has 156 valence electrons. The Morgan fingerprint density at radius 1 is 1.03 bits per heavy atom. The molecule has 12 heteroatoms. The first-order valence-electron chi connectivity index (χ1n) is 9.12. The monoisotopic (exact) mass is 442 g/mol. The van der Waals surface area contributed by atoms with E-state index >= 15 is 0 Å². The Kier molecular flexibility index (Phi) is 5.53. The Morgan fingerprint density at radius 3 is 2.53 bits per heavy atom. The zero-order chi connectivity index (χ0) is 22.7. The molecule has 0 aliphatic rings. The van der Waals surface area contributed by atoms with Gasteiger partial charge in [-0.2, -0.15) is 19.9 Å². The molecular weight excluding hydrogens is 428 g/mol. The lowest BCUT2D eigenvalue weighted by molar-refractivity contribution is 0.476. The highest BCUT2D eigenvalue weighted by atomic mass is 32.1. The summed E-state index contributed by atoms with van der Waals surface area (Å²) >= 11 is 1.21. The van der Waals surface area contributed by atoms with Crippen molar-refractivity contribution < 1.29 is 5.11 Å². The van der Waals surface area contributed by atoms with Crippen LogP contribution in [0.25, 0.3) is 10.9 Å². The summed E-state index contributed by atoms with van der Waals surface area (Å²) in [7, 11) is 3.57. The Balaban J connectivity index is 1.71. The average Bonchev–Trinajstić information content (AvgIpc) is 3.40. The van der Waals surface area contributed by atoms with Crippen LogP contribution in [0.4, 0.5) is 28.0 Å². The van der Waals surface area contributed by atoms with Gasteiger partial charge in [-0.05, 0) is 29.7 Å². The van der Waals surface area contributed by atoms with Crippen LogP contribution in [0.3, 0.4) is 0 Å². The first-order valence-corrected chi connectivity index (χ1v) is 9.90. The fourth-order valence-electron chi connectivity index (χ4n) is 2.79. The molecule has 32 heavy (non-hydrogen) atoms. The number of benzene rings is 2. The van der Waals surface area contributed by atoms with Crippen molar-refractivity contribution in [2.24, 2.45) is 20.5 Å². The molecule has 0 fully saturated rings. The van der Waals surface area contributed by atoms with Crippen molar-refractivity contribution in [3.8, 4) is 17.9 Å². The quantitative estimate of drug-likeness (QED) is 0.395. The predicted molar refractivity (Wildman–Crippen MR) is 118 cm³/mol. The number of hydrogen-bond donors (Lipinski definition) is 2. The van der Waals surface area contributed by atoms with Crippen LogP contribution < -0.4 is 4.90 Å². The van der Waals surface area contributed by atoms with E-state index in [2.05, 4.69) is 34.8 Å². The van der Waals surface area contributed by atoms with Crippen molar-refractivity contribution in [3.05, 3.63) is 47.8 Å². The molecule has 11 nitrogen and oxygen atoms in total. The minimum absolute atomic E-state index is 0.00580. The van der Waals surface area contributed by atoms with Gasteiger partial charge < -0.3 is 15.0 Å². The van der Waals surface area contributed by atoms with Crippen LogP contribution >= 0.6 is 11.5 Å². The number of aromatic amines is 1. The first kappa shape index (κ1) is 20.6. The molecule has 0 atom stereocenters. The molecule has 0 saturated carbocycles. The fourth-order valence-corrected chi connectivity index (χ4v) is 3.48. The number of H-pyrrole nitrogens is 1. The number of nitrogens with one attached hydrogen (secondary N) is 1. The van der Waals surface area contributed by atoms with Gasteiger partial charge in [0.2, 0.25) is 5.95 Å². The second-order valence-electron chi connectivity index (χ2n) is 6.64. The molecule has 0 aliphatic carbocycles. The van der Waals surface area contributed by atoms with E-state index in [-0.39, 0.29) is 28.8 Å². The molecule has 2 aromatic heterocycles. The molecule has 0 bridgehead atoms. The summed E-state index contributed by atoms with van der Waals surface area (Å²) in [5.74, 6) is -0.0723. The summed E-state index contributed by atoms with van der Waals surface area (Å²) < 4.78 is 4.32. The van der Waals surface area contributed by atoms with Crippen LogP contribution in [-0.4, -0.2) is 33.5 Å². The highest BCUT2D eigenvalue weighted by Gasteiger charge is 2.13. The van der Waals surface area contributed by atoms with Crippen molar-refractivity contribution in [1.29, 1.82) is 10.5 Å². The lowest BCUT2D eigenvalue weighted by Gasteiger charge is -2.15. The molecular formula is C20H14N10OS. The number of aromatic nitrogens is 3. The van der Waals surface area contributed by atoms with Gasteiger partial charge in [-0.25, -0.2) is 0 Å². The van der Waals surface area contributed by atoms with Crippen LogP contribution in [0.15, 0.2) is 56.9 Å². The minimum atomic E-state index is -0.0817. The van der Waals surface area contributed by atoms with Crippen LogP contribution in [0.2, 0.25) is 0 Å². The molecule has 4 rings (SSSR count). The van der Waals surface area contributed by atoms with E-state index in [1.54, 1.807) is 19.0 Å². The van der Waals surface area contributed by atoms with E-state index in [0.29, 0.717) is 16.4 Å². The maximum atomic E-state index is 10.4. The average molecular weight is 442 g/mol. The van der Waals surface area contributed by atoms with Crippen molar-refractivity contribution in [1.82, 2.24) is 14.3 Å². The SMILES string of the molecule is CN(C)c1cc(O)c(N=Nc2snc3ccccc23)cc1N=Nc1nc(C#N)c(C#N)[nH]1. The second-order valence-corrected chi connectivity index (χ2v) is 7.39. The fraction of sp³-hybridized carbons (Fsp3) is 0.100. The molecule has 0 radical (unpaired) electrons. The number of hydrogen-bond acceptors (Lipinski definition) is 11. The summed E-state index contributed by atoms with van der Waals surface area (Å²) in [6.45, 7) is 0. The third-order valence-corrected chi connectivity index (χ3v) is 5.09. The van der Waals surface area contributed by atoms with Crippen LogP contribution in [0.1, 0.15) is 11.4 Å². The second kappa shape index (κ2) is 8.59. The van der Waals surface area contributed by atoms with Gasteiger partial charge in [-0.3, -0.25) is 0 Å². The number of imidazole rings is 1. The first-order chi connectivity index (χ1) is 15.5. The van der Waals surface area contributed by atoms with E-state index in [1.165, 1.54) is 23.7 Å². The molecule has 2 heterocycles. The number of nitrogens with zero attached hydrogens (tertiary/aromatic N) is 9. The lowest BCUT2D eigenvalue weighted by Crippen LogP contribution is -2.08. The summed E-state index contributed by atoms with van der Waals surface area (Å²) in [4.78, 5) is 8.29. The van der Waals surface area contributed by atoms with E-state index in [0.717, 1.165) is 10.9 Å². The van der Waals surface area contributed by atoms with Gasteiger partial charge >= 0.3 is 0 Å². The molecule has 0 saturated heterocycles. The summed E-state index contributed by atoms with van der Waals surface area (Å²) in [6, 6.07) is 14.2. The highest BCUT2D eigenvalue weighted by Crippen LogP contribution is 2.41. The smallest absolute Gasteiger partial charge is 0.249 e. The van der Waals surface area contributed by atoms with Gasteiger partial charge in [0.15, 0.2) is 16.4 Å². The Morgan fingerprint density at radius 2 is 1.81 bits per heavy atom. The molecule has 0 aliphatic heterocycles. The van der Waals surface area contributed by atoms with Crippen LogP contribution in [-0.2, 0) is 0 Å². The van der Waals surface area contributed by atoms with Crippen molar-refractivity contribution in [3.63, 3.8) is 0 Å². The van der Waals surface area contributed by atoms with E-state index in [9.17, 15) is 5.11 Å². The summed E-state index contributed by atoms with van der Waals surface area (Å²) in [5, 5.41) is 46.5. The van der Waals surface area contributed by atoms with Gasteiger partial charge in [-0.1, -0.05) is 12.1 Å². The highest BCUT2D eigenvalue weighted by molar-refractivity contribution is 7.11. The normalized spacial score (nSPS) is 11.2. The number of fused-ring (bicyclic) bond motifs is 1. The number of rotatable bonds is 5. The van der Waals surface area contributed by atoms with E-state index in [4.69, 9.17) is 10.5 Å². The number of nitriles is 2. The summed E-state index contributed by atoms with van der Waals surface area (Å²) in [5.41, 5.74) is 1.90. The number of azo groups is 2. The van der Waals surface area contributed by atoms with Gasteiger partial charge in [0.25, 0.3) is 0 Å². The molecule has 2 aromatic carbocycles. The molecule has 0 unspecified atom stereocenters. The van der Waals surface area contributed by atoms with Crippen molar-refractivity contribution in [2.75, 3.05) is 19.0 Å². The van der Waals surface area contributed by atoms with Gasteiger partial charge in [0.1, 0.15) is 29.3 Å². The third kappa shape index (κ3) is 3.98. The maximum Gasteiger partial charge on any atom is 0.249 e. The van der Waals surface area contributed by atoms with Crippen LogP contribution in [0, 0.1) is 22.7 Å². The Labute approximate surface area is 185 Å². The van der Waals surface area contributed by atoms with E-state index < -0.39 is 0 Å². The zero-order valence-electron chi connectivity index (χ0n) is 16.8. The predicted octanol–water partition coefficient (Wildman–Crippen LogP) is 5.37. The third-order valence-electron chi connectivity index (χ3n) is 4.33. The lowest BCUT2D eigenvalue weighted by atomic mass is 10.2. The Bertz CT molecular complexity index is 1420. The van der Waals surface area contributed by atoms with Crippen molar-refractivity contribution in [2.45, 2.75) is 0 Å². The standard InChI is InChI=1S/C20H14N10OS/c1-30(2)17-8-18(31)14(26-27-19-11-5-3-4-6-12(11)29-32-19)7-13(17)25-28-20-23-15(9-21)16(10-22)24-20/h3-8,31H,1-2H3,(H,23,24). The van der Waals surface area contributed by atoms with E-state index in [1.807, 2.05) is 36.4 Å². The summed E-state index contributed by atoms with van der Waals surface area (Å²) in [6.07, 6.45) is 0. The van der Waals surface area contributed by atoms with Crippen LogP contribution in [0.5, 0.6) is 5.75 Å². The molecule has 4 aromatic rings. The largest absolute Gasteiger partial charge is 0.506 e. The number of phenols is 1. The van der Waals surface area contributed by atoms with Gasteiger partial charge in [0.05, 0.1) is 11.2 Å². The Hall–Kier alpha value is -4.68. The molecule has 0 amide bonds. The number of aromatic hydroxyl groups is 1. The topological polar surface area (TPSA) is 162 Å². The number of phenolic OH excluding ortho intramolecular Hbond substituents is 1. The van der Waals surface area contributed by atoms with Gasteiger partial charge in [-0.15, -0.1) is 20.5 Å². The maximum absolute atomic E-state index is 10.4.